The molecule has 0 radical (unpaired) electrons. The van der Waals surface area contributed by atoms with Crippen molar-refractivity contribution >= 4 is 17.8 Å². The number of hydrogen-bond donors (Lipinski definition) is 3. The third-order valence-corrected chi connectivity index (χ3v) is 1.95. The predicted molar refractivity (Wildman–Crippen MR) is 58.5 cm³/mol. The number of carbonyl (C=O) groups excluding carboxylic acids is 2. The first-order valence-corrected chi connectivity index (χ1v) is 5.00. The summed E-state index contributed by atoms with van der Waals surface area (Å²) < 4.78 is 0. The summed E-state index contributed by atoms with van der Waals surface area (Å²) in [6.45, 7) is 0. The molecule has 0 unspecified atom stereocenters. The maximum atomic E-state index is 11.4. The van der Waals surface area contributed by atoms with E-state index < -0.39 is 17.8 Å². The van der Waals surface area contributed by atoms with E-state index in [0.29, 0.717) is 0 Å². The fourth-order valence-corrected chi connectivity index (χ4v) is 1.08. The van der Waals surface area contributed by atoms with E-state index in [9.17, 15) is 19.5 Å². The molecule has 1 rings (SSSR count). The van der Waals surface area contributed by atoms with Gasteiger partial charge in [-0.05, 0) is 12.1 Å². The first kappa shape index (κ1) is 13.5. The Morgan fingerprint density at radius 2 is 1.83 bits per heavy atom. The third kappa shape index (κ3) is 4.12. The van der Waals surface area contributed by atoms with Gasteiger partial charge < -0.3 is 15.1 Å². The quantitative estimate of drug-likeness (QED) is 0.671. The van der Waals surface area contributed by atoms with Gasteiger partial charge in [-0.15, -0.1) is 0 Å². The van der Waals surface area contributed by atoms with Crippen LogP contribution in [0.3, 0.4) is 0 Å². The van der Waals surface area contributed by atoms with Crippen LogP contribution in [0.15, 0.2) is 24.3 Å². The second-order valence-corrected chi connectivity index (χ2v) is 3.33. The molecule has 0 spiro atoms. The molecule has 0 aliphatic carbocycles. The van der Waals surface area contributed by atoms with Crippen molar-refractivity contribution in [2.24, 2.45) is 0 Å². The molecule has 7 heteroatoms. The number of aliphatic carboxylic acids is 1. The molecular formula is C11H11NO6. The lowest BCUT2D eigenvalue weighted by Gasteiger charge is -2.05. The third-order valence-electron chi connectivity index (χ3n) is 1.95. The van der Waals surface area contributed by atoms with Gasteiger partial charge in [-0.25, -0.2) is 4.79 Å². The molecule has 0 heterocycles. The van der Waals surface area contributed by atoms with Gasteiger partial charge in [-0.2, -0.15) is 5.48 Å². The summed E-state index contributed by atoms with van der Waals surface area (Å²) in [5.41, 5.74) is 1.70. The van der Waals surface area contributed by atoms with Gasteiger partial charge >= 0.3 is 11.9 Å². The van der Waals surface area contributed by atoms with Crippen LogP contribution >= 0.6 is 0 Å². The summed E-state index contributed by atoms with van der Waals surface area (Å²) in [6, 6.07) is 5.66. The van der Waals surface area contributed by atoms with Crippen molar-refractivity contribution in [2.45, 2.75) is 12.8 Å². The molecule has 0 bridgehead atoms. The van der Waals surface area contributed by atoms with Crippen molar-refractivity contribution in [3.05, 3.63) is 29.8 Å². The molecule has 1 aromatic carbocycles. The monoisotopic (exact) mass is 253 g/mol. The number of carboxylic acid groups (broad SMARTS) is 1. The first-order chi connectivity index (χ1) is 8.50. The Balaban J connectivity index is 2.45. The minimum absolute atomic E-state index is 0.101. The van der Waals surface area contributed by atoms with E-state index in [1.807, 2.05) is 0 Å². The number of aromatic hydroxyl groups is 1. The SMILES string of the molecule is O=C(O)CCC(=O)NOC(=O)c1ccccc1O. The van der Waals surface area contributed by atoms with Crippen LogP contribution in [-0.4, -0.2) is 28.1 Å². The highest BCUT2D eigenvalue weighted by Crippen LogP contribution is 2.15. The first-order valence-electron chi connectivity index (χ1n) is 5.00. The van der Waals surface area contributed by atoms with Gasteiger partial charge in [0.2, 0.25) is 0 Å². The van der Waals surface area contributed by atoms with Crippen molar-refractivity contribution in [3.63, 3.8) is 0 Å². The number of phenolic OH excluding ortho intramolecular Hbond substituents is 1. The molecule has 0 saturated carbocycles. The maximum absolute atomic E-state index is 11.4. The lowest BCUT2D eigenvalue weighted by molar-refractivity contribution is -0.140. The molecule has 18 heavy (non-hydrogen) atoms. The Hall–Kier alpha value is -2.57. The van der Waals surface area contributed by atoms with Gasteiger partial charge in [0.1, 0.15) is 11.3 Å². The highest BCUT2D eigenvalue weighted by molar-refractivity contribution is 5.93. The molecule has 0 aliphatic heterocycles. The van der Waals surface area contributed by atoms with Gasteiger partial charge in [0.25, 0.3) is 5.91 Å². The van der Waals surface area contributed by atoms with Gasteiger partial charge in [0.15, 0.2) is 0 Å². The Morgan fingerprint density at radius 1 is 1.17 bits per heavy atom. The van der Waals surface area contributed by atoms with Gasteiger partial charge in [0, 0.05) is 6.42 Å². The van der Waals surface area contributed by atoms with Crippen LogP contribution in [0.2, 0.25) is 0 Å². The number of hydroxylamine groups is 1. The zero-order valence-electron chi connectivity index (χ0n) is 9.25. The lowest BCUT2D eigenvalue weighted by atomic mass is 10.2. The normalized spacial score (nSPS) is 9.56. The van der Waals surface area contributed by atoms with E-state index in [1.54, 1.807) is 5.48 Å². The van der Waals surface area contributed by atoms with Gasteiger partial charge in [-0.3, -0.25) is 9.59 Å². The molecular weight excluding hydrogens is 242 g/mol. The van der Waals surface area contributed by atoms with E-state index in [0.717, 1.165) is 0 Å². The Labute approximate surface area is 102 Å². The Morgan fingerprint density at radius 3 is 2.44 bits per heavy atom. The molecule has 0 fully saturated rings. The molecule has 1 amide bonds. The number of nitrogens with one attached hydrogen (secondary N) is 1. The van der Waals surface area contributed by atoms with Crippen LogP contribution < -0.4 is 5.48 Å². The number of rotatable bonds is 4. The average molecular weight is 253 g/mol. The van der Waals surface area contributed by atoms with Crippen molar-refractivity contribution in [1.29, 1.82) is 0 Å². The van der Waals surface area contributed by atoms with E-state index >= 15 is 0 Å². The van der Waals surface area contributed by atoms with E-state index in [1.165, 1.54) is 24.3 Å². The van der Waals surface area contributed by atoms with Crippen LogP contribution in [0.25, 0.3) is 0 Å². The van der Waals surface area contributed by atoms with Crippen LogP contribution in [0, 0.1) is 0 Å². The zero-order chi connectivity index (χ0) is 13.5. The van der Waals surface area contributed by atoms with E-state index in [4.69, 9.17) is 5.11 Å². The summed E-state index contributed by atoms with van der Waals surface area (Å²) in [5, 5.41) is 17.7. The number of carboxylic acids is 1. The molecule has 0 atom stereocenters. The summed E-state index contributed by atoms with van der Waals surface area (Å²) in [7, 11) is 0. The number of hydrogen-bond acceptors (Lipinski definition) is 5. The number of para-hydroxylation sites is 1. The summed E-state index contributed by atoms with van der Waals surface area (Å²) >= 11 is 0. The van der Waals surface area contributed by atoms with Crippen LogP contribution in [-0.2, 0) is 14.4 Å². The minimum atomic E-state index is -1.13. The standard InChI is InChI=1S/C11H11NO6/c13-8-4-2-1-3-7(8)11(17)18-12-9(14)5-6-10(15)16/h1-4,13H,5-6H2,(H,12,14)(H,15,16). The second-order valence-electron chi connectivity index (χ2n) is 3.33. The largest absolute Gasteiger partial charge is 0.507 e. The van der Waals surface area contributed by atoms with Crippen molar-refractivity contribution in [3.8, 4) is 5.75 Å². The smallest absolute Gasteiger partial charge is 0.366 e. The second kappa shape index (κ2) is 6.24. The van der Waals surface area contributed by atoms with Crippen molar-refractivity contribution in [2.75, 3.05) is 0 Å². The number of phenols is 1. The van der Waals surface area contributed by atoms with Gasteiger partial charge in [-0.1, -0.05) is 12.1 Å². The fourth-order valence-electron chi connectivity index (χ4n) is 1.08. The fraction of sp³-hybridized carbons (Fsp3) is 0.182. The lowest BCUT2D eigenvalue weighted by Crippen LogP contribution is -2.27. The molecule has 7 nitrogen and oxygen atoms in total. The van der Waals surface area contributed by atoms with Crippen molar-refractivity contribution in [1.82, 2.24) is 5.48 Å². The number of carbonyl (C=O) groups is 3. The molecule has 3 N–H and O–H groups in total. The summed E-state index contributed by atoms with van der Waals surface area (Å²) in [4.78, 5) is 37.0. The van der Waals surface area contributed by atoms with Crippen molar-refractivity contribution < 1.29 is 29.4 Å². The maximum Gasteiger partial charge on any atom is 0.366 e. The van der Waals surface area contributed by atoms with E-state index in [2.05, 4.69) is 4.84 Å². The predicted octanol–water partition coefficient (Wildman–Crippen LogP) is 0.445. The Bertz CT molecular complexity index is 470. The topological polar surface area (TPSA) is 113 Å². The molecule has 1 aromatic rings. The molecule has 0 aliphatic rings. The minimum Gasteiger partial charge on any atom is -0.507 e. The van der Waals surface area contributed by atoms with Crippen LogP contribution in [0.4, 0.5) is 0 Å². The average Bonchev–Trinajstić information content (AvgIpc) is 2.34. The molecule has 0 aromatic heterocycles. The van der Waals surface area contributed by atoms with E-state index in [-0.39, 0.29) is 24.2 Å². The van der Waals surface area contributed by atoms with Crippen LogP contribution in [0.5, 0.6) is 5.75 Å². The zero-order valence-corrected chi connectivity index (χ0v) is 9.25. The van der Waals surface area contributed by atoms with Gasteiger partial charge in [0.05, 0.1) is 6.42 Å². The molecule has 96 valence electrons. The highest BCUT2D eigenvalue weighted by Gasteiger charge is 2.13. The van der Waals surface area contributed by atoms with Crippen LogP contribution in [0.1, 0.15) is 23.2 Å². The number of amides is 1. The number of benzene rings is 1. The summed E-state index contributed by atoms with van der Waals surface area (Å²) in [6.07, 6.45) is -0.663. The Kier molecular flexibility index (Phi) is 4.67. The molecule has 0 saturated heterocycles. The highest BCUT2D eigenvalue weighted by atomic mass is 16.7. The summed E-state index contributed by atoms with van der Waals surface area (Å²) in [5.74, 6) is -3.07.